The molecule has 12 heteroatoms. The zero-order chi connectivity index (χ0) is 26.1. The number of alkyl halides is 2. The predicted molar refractivity (Wildman–Crippen MR) is 123 cm³/mol. The maximum atomic E-state index is 15.1. The van der Waals surface area contributed by atoms with Crippen LogP contribution in [0, 0.1) is 11.6 Å². The predicted octanol–water partition coefficient (Wildman–Crippen LogP) is 3.81. The van der Waals surface area contributed by atoms with E-state index in [2.05, 4.69) is 19.7 Å². The third kappa shape index (κ3) is 4.05. The minimum absolute atomic E-state index is 0.0633. The molecule has 1 aromatic carbocycles. The number of halogens is 4. The van der Waals surface area contributed by atoms with Crippen LogP contribution in [0.1, 0.15) is 42.3 Å². The molecule has 1 aliphatic heterocycles. The Hall–Kier alpha value is -3.77. The quantitative estimate of drug-likeness (QED) is 0.391. The SMILES string of the molecule is CC1(O)CN(c2ncc(-c3cn4c5c(nc4cc3F)C(O)CC5c3cc(F)ccc3OC(F)F)cn2)C1. The highest BCUT2D eigenvalue weighted by Gasteiger charge is 2.39. The number of aliphatic hydroxyl groups is 2. The van der Waals surface area contributed by atoms with Gasteiger partial charge in [-0.15, -0.1) is 0 Å². The van der Waals surface area contributed by atoms with Crippen LogP contribution in [0.15, 0.2) is 42.9 Å². The summed E-state index contributed by atoms with van der Waals surface area (Å²) in [5.41, 5.74) is 0.731. The highest BCUT2D eigenvalue weighted by molar-refractivity contribution is 5.66. The van der Waals surface area contributed by atoms with Gasteiger partial charge in [-0.05, 0) is 31.5 Å². The van der Waals surface area contributed by atoms with Gasteiger partial charge in [0.1, 0.15) is 23.0 Å². The van der Waals surface area contributed by atoms with Gasteiger partial charge in [0.25, 0.3) is 0 Å². The number of ether oxygens (including phenoxy) is 1. The smallest absolute Gasteiger partial charge is 0.387 e. The number of aromatic nitrogens is 4. The molecule has 4 heterocycles. The van der Waals surface area contributed by atoms with Gasteiger partial charge in [-0.3, -0.25) is 0 Å². The lowest BCUT2D eigenvalue weighted by Crippen LogP contribution is -2.60. The van der Waals surface area contributed by atoms with E-state index in [-0.39, 0.29) is 34.6 Å². The molecule has 6 rings (SSSR count). The molecule has 1 aliphatic carbocycles. The normalized spacial score (nSPS) is 20.4. The second-order valence-corrected chi connectivity index (χ2v) is 9.64. The number of rotatable bonds is 5. The number of hydrogen-bond donors (Lipinski definition) is 2. The molecule has 8 nitrogen and oxygen atoms in total. The summed E-state index contributed by atoms with van der Waals surface area (Å²) in [6, 6.07) is 4.42. The summed E-state index contributed by atoms with van der Waals surface area (Å²) in [6.45, 7) is -0.643. The fourth-order valence-corrected chi connectivity index (χ4v) is 5.16. The molecular weight excluding hydrogens is 494 g/mol. The van der Waals surface area contributed by atoms with Crippen LogP contribution in [0.5, 0.6) is 5.75 Å². The molecule has 1 fully saturated rings. The van der Waals surface area contributed by atoms with E-state index >= 15 is 4.39 Å². The van der Waals surface area contributed by atoms with Crippen molar-refractivity contribution in [3.63, 3.8) is 0 Å². The third-order valence-corrected chi connectivity index (χ3v) is 6.74. The van der Waals surface area contributed by atoms with Crippen LogP contribution in [-0.2, 0) is 0 Å². The molecule has 0 saturated carbocycles. The van der Waals surface area contributed by atoms with E-state index in [9.17, 15) is 23.4 Å². The summed E-state index contributed by atoms with van der Waals surface area (Å²) >= 11 is 0. The lowest BCUT2D eigenvalue weighted by atomic mass is 9.95. The lowest BCUT2D eigenvalue weighted by molar-refractivity contribution is -0.0506. The average molecular weight is 515 g/mol. The number of hydrogen-bond acceptors (Lipinski definition) is 7. The van der Waals surface area contributed by atoms with Gasteiger partial charge < -0.3 is 24.3 Å². The van der Waals surface area contributed by atoms with Gasteiger partial charge in [0.2, 0.25) is 5.95 Å². The minimum atomic E-state index is -3.12. The van der Waals surface area contributed by atoms with Crippen molar-refractivity contribution < 1.29 is 32.5 Å². The summed E-state index contributed by atoms with van der Waals surface area (Å²) in [5.74, 6) is -1.80. The van der Waals surface area contributed by atoms with Gasteiger partial charge in [0, 0.05) is 47.3 Å². The molecule has 2 atom stereocenters. The van der Waals surface area contributed by atoms with Crippen molar-refractivity contribution in [1.82, 2.24) is 19.4 Å². The Balaban J connectivity index is 1.42. The Kier molecular flexibility index (Phi) is 5.35. The summed E-state index contributed by atoms with van der Waals surface area (Å²) in [5, 5.41) is 20.6. The number of aliphatic hydroxyl groups excluding tert-OH is 1. The van der Waals surface area contributed by atoms with E-state index in [1.54, 1.807) is 16.2 Å². The third-order valence-electron chi connectivity index (χ3n) is 6.74. The highest BCUT2D eigenvalue weighted by atomic mass is 19.3. The van der Waals surface area contributed by atoms with Crippen LogP contribution in [-0.4, -0.2) is 54.9 Å². The first-order valence-corrected chi connectivity index (χ1v) is 11.5. The summed E-state index contributed by atoms with van der Waals surface area (Å²) in [4.78, 5) is 14.7. The molecule has 2 N–H and O–H groups in total. The first kappa shape index (κ1) is 23.6. The summed E-state index contributed by atoms with van der Waals surface area (Å²) in [7, 11) is 0. The van der Waals surface area contributed by atoms with E-state index in [1.165, 1.54) is 24.7 Å². The number of nitrogens with zero attached hydrogens (tertiary/aromatic N) is 5. The fraction of sp³-hybridized carbons (Fsp3) is 0.320. The molecular formula is C25H21F4N5O3. The van der Waals surface area contributed by atoms with E-state index < -0.39 is 35.9 Å². The molecule has 37 heavy (non-hydrogen) atoms. The maximum Gasteiger partial charge on any atom is 0.387 e. The first-order valence-electron chi connectivity index (χ1n) is 11.5. The van der Waals surface area contributed by atoms with E-state index in [4.69, 9.17) is 0 Å². The van der Waals surface area contributed by atoms with Crippen molar-refractivity contribution in [3.05, 3.63) is 71.4 Å². The Morgan fingerprint density at radius 3 is 2.54 bits per heavy atom. The monoisotopic (exact) mass is 515 g/mol. The van der Waals surface area contributed by atoms with Crippen LogP contribution in [0.2, 0.25) is 0 Å². The maximum absolute atomic E-state index is 15.1. The molecule has 0 radical (unpaired) electrons. The Morgan fingerprint density at radius 1 is 1.14 bits per heavy atom. The molecule has 1 saturated heterocycles. The standard InChI is InChI=1S/C25H21F4N5O3/c1-25(36)10-33(11-25)24-30-7-12(8-31-24)16-9-34-20(6-17(16)27)32-21-18(35)5-15(22(21)34)14-4-13(26)2-3-19(14)37-23(28)29/h2-4,6-9,15,18,23,35-36H,5,10-11H2,1H3. The Labute approximate surface area is 207 Å². The van der Waals surface area contributed by atoms with Gasteiger partial charge in [0.05, 0.1) is 36.2 Å². The zero-order valence-electron chi connectivity index (χ0n) is 19.4. The topological polar surface area (TPSA) is 96.0 Å². The summed E-state index contributed by atoms with van der Waals surface area (Å²) < 4.78 is 61.5. The highest BCUT2D eigenvalue weighted by Crippen LogP contribution is 2.47. The van der Waals surface area contributed by atoms with Gasteiger partial charge in [0.15, 0.2) is 0 Å². The fourth-order valence-electron chi connectivity index (χ4n) is 5.16. The number of β-amino-alcohol motifs (C(OH)–C–C–N with tert-alkyl or cyclic N) is 1. The molecule has 4 aromatic rings. The Morgan fingerprint density at radius 2 is 1.86 bits per heavy atom. The van der Waals surface area contributed by atoms with Crippen LogP contribution < -0.4 is 9.64 Å². The van der Waals surface area contributed by atoms with Crippen LogP contribution in [0.4, 0.5) is 23.5 Å². The molecule has 0 spiro atoms. The van der Waals surface area contributed by atoms with Gasteiger partial charge in [-0.25, -0.2) is 23.7 Å². The number of anilines is 1. The van der Waals surface area contributed by atoms with Crippen molar-refractivity contribution in [2.24, 2.45) is 0 Å². The second kappa shape index (κ2) is 8.38. The zero-order valence-corrected chi connectivity index (χ0v) is 19.4. The largest absolute Gasteiger partial charge is 0.435 e. The molecule has 0 bridgehead atoms. The van der Waals surface area contributed by atoms with E-state index in [0.29, 0.717) is 30.3 Å². The number of pyridine rings is 1. The second-order valence-electron chi connectivity index (χ2n) is 9.64. The number of benzene rings is 1. The molecule has 0 amide bonds. The van der Waals surface area contributed by atoms with Crippen molar-refractivity contribution in [2.75, 3.05) is 18.0 Å². The van der Waals surface area contributed by atoms with Gasteiger partial charge in [-0.1, -0.05) is 0 Å². The molecule has 2 unspecified atom stereocenters. The van der Waals surface area contributed by atoms with Gasteiger partial charge in [-0.2, -0.15) is 8.78 Å². The van der Waals surface area contributed by atoms with Gasteiger partial charge >= 0.3 is 6.61 Å². The first-order chi connectivity index (χ1) is 17.6. The van der Waals surface area contributed by atoms with Crippen LogP contribution >= 0.6 is 0 Å². The number of imidazole rings is 1. The Bertz CT molecular complexity index is 1500. The van der Waals surface area contributed by atoms with E-state index in [0.717, 1.165) is 18.2 Å². The molecule has 2 aliphatic rings. The van der Waals surface area contributed by atoms with Crippen LogP contribution in [0.3, 0.4) is 0 Å². The van der Waals surface area contributed by atoms with Crippen molar-refractivity contribution in [3.8, 4) is 16.9 Å². The van der Waals surface area contributed by atoms with Crippen molar-refractivity contribution in [2.45, 2.75) is 37.6 Å². The summed E-state index contributed by atoms with van der Waals surface area (Å²) in [6.07, 6.45) is 3.40. The van der Waals surface area contributed by atoms with E-state index in [1.807, 2.05) is 0 Å². The average Bonchev–Trinajstić information content (AvgIpc) is 3.34. The van der Waals surface area contributed by atoms with Crippen molar-refractivity contribution >= 4 is 11.6 Å². The number of fused-ring (bicyclic) bond motifs is 3. The minimum Gasteiger partial charge on any atom is -0.435 e. The van der Waals surface area contributed by atoms with Crippen molar-refractivity contribution in [1.29, 1.82) is 0 Å². The lowest BCUT2D eigenvalue weighted by Gasteiger charge is -2.44. The molecule has 192 valence electrons. The molecule has 3 aromatic heterocycles. The van der Waals surface area contributed by atoms with Crippen LogP contribution in [0.25, 0.3) is 16.8 Å².